The summed E-state index contributed by atoms with van der Waals surface area (Å²) in [6.45, 7) is 0.233. The molecule has 2 aromatic carbocycles. The van der Waals surface area contributed by atoms with E-state index < -0.39 is 6.29 Å². The van der Waals surface area contributed by atoms with Crippen LogP contribution < -0.4 is 19.6 Å². The molecule has 11 heteroatoms. The molecule has 0 amide bonds. The molecule has 0 radical (unpaired) electrons. The van der Waals surface area contributed by atoms with Gasteiger partial charge in [0.2, 0.25) is 0 Å². The molecule has 5 rings (SSSR count). The molecule has 0 saturated heterocycles. The zero-order chi connectivity index (χ0) is 24.7. The smallest absolute Gasteiger partial charge is 0.490 e. The number of carbonyl (C=O) groups is 1. The maximum Gasteiger partial charge on any atom is 0.586 e. The van der Waals surface area contributed by atoms with Crippen molar-refractivity contribution in [3.05, 3.63) is 51.6 Å². The number of rotatable bonds is 7. The summed E-state index contributed by atoms with van der Waals surface area (Å²) in [5.41, 5.74) is -0.0244. The van der Waals surface area contributed by atoms with Crippen LogP contribution in [-0.2, 0) is 14.3 Å². The van der Waals surface area contributed by atoms with Gasteiger partial charge in [-0.25, -0.2) is 0 Å². The number of halogens is 3. The van der Waals surface area contributed by atoms with E-state index >= 15 is 0 Å². The number of alkyl halides is 2. The predicted octanol–water partition coefficient (Wildman–Crippen LogP) is 4.78. The highest BCUT2D eigenvalue weighted by Crippen LogP contribution is 2.47. The van der Waals surface area contributed by atoms with E-state index in [4.69, 9.17) is 30.2 Å². The molecule has 3 aromatic rings. The van der Waals surface area contributed by atoms with Crippen LogP contribution in [0.4, 0.5) is 8.78 Å². The van der Waals surface area contributed by atoms with Gasteiger partial charge in [-0.1, -0.05) is 17.7 Å². The van der Waals surface area contributed by atoms with Crippen LogP contribution in [0.5, 0.6) is 17.2 Å². The lowest BCUT2D eigenvalue weighted by Gasteiger charge is -2.32. The van der Waals surface area contributed by atoms with Crippen molar-refractivity contribution in [2.75, 3.05) is 20.3 Å². The minimum Gasteiger partial charge on any atom is -0.490 e. The fraction of sp³-hybridized carbons (Fsp3) is 0.333. The van der Waals surface area contributed by atoms with Gasteiger partial charge in [0.15, 0.2) is 22.5 Å². The van der Waals surface area contributed by atoms with E-state index in [-0.39, 0.29) is 81.2 Å². The van der Waals surface area contributed by atoms with Crippen molar-refractivity contribution in [1.29, 1.82) is 0 Å². The molecule has 1 saturated carbocycles. The zero-order valence-electron chi connectivity index (χ0n) is 18.3. The standard InChI is InChI=1S/C24H19ClF2O8/c1-30-23(29)12-7-13(8-12)31-5-6-32-18-11-21-20(34-24(26,27)35-21)9-15(18)19-10-17(28)14-3-2-4-16(25)22(14)33-19/h2-4,9-13H,5-8H2,1H3. The topological polar surface area (TPSA) is 93.4 Å². The van der Waals surface area contributed by atoms with Crippen molar-refractivity contribution in [3.8, 4) is 28.6 Å². The zero-order valence-corrected chi connectivity index (χ0v) is 19.1. The first kappa shape index (κ1) is 23.4. The average Bonchev–Trinajstić information content (AvgIpc) is 3.10. The van der Waals surface area contributed by atoms with Gasteiger partial charge in [0.25, 0.3) is 0 Å². The van der Waals surface area contributed by atoms with E-state index in [0.29, 0.717) is 12.8 Å². The van der Waals surface area contributed by atoms with Crippen LogP contribution >= 0.6 is 11.6 Å². The average molecular weight is 509 g/mol. The third-order valence-corrected chi connectivity index (χ3v) is 6.10. The Labute approximate surface area is 202 Å². The molecule has 0 unspecified atom stereocenters. The largest absolute Gasteiger partial charge is 0.586 e. The fourth-order valence-electron chi connectivity index (χ4n) is 3.99. The molecule has 1 aromatic heterocycles. The molecule has 0 atom stereocenters. The van der Waals surface area contributed by atoms with E-state index in [1.165, 1.54) is 25.3 Å². The Morgan fingerprint density at radius 2 is 1.89 bits per heavy atom. The lowest BCUT2D eigenvalue weighted by molar-refractivity contribution is -0.286. The molecular formula is C24H19ClF2O8. The molecule has 1 fully saturated rings. The van der Waals surface area contributed by atoms with Gasteiger partial charge < -0.3 is 28.1 Å². The number of hydrogen-bond acceptors (Lipinski definition) is 8. The van der Waals surface area contributed by atoms with Gasteiger partial charge in [0, 0.05) is 12.1 Å². The van der Waals surface area contributed by atoms with Gasteiger partial charge in [-0.15, -0.1) is 8.78 Å². The van der Waals surface area contributed by atoms with Crippen molar-refractivity contribution >= 4 is 28.5 Å². The Morgan fingerprint density at radius 3 is 2.63 bits per heavy atom. The summed E-state index contributed by atoms with van der Waals surface area (Å²) in [4.78, 5) is 24.1. The summed E-state index contributed by atoms with van der Waals surface area (Å²) < 4.78 is 58.4. The molecule has 0 spiro atoms. The molecule has 0 bridgehead atoms. The van der Waals surface area contributed by atoms with Gasteiger partial charge in [-0.2, -0.15) is 0 Å². The number of fused-ring (bicyclic) bond motifs is 2. The maximum absolute atomic E-state index is 13.7. The van der Waals surface area contributed by atoms with E-state index in [9.17, 15) is 18.4 Å². The van der Waals surface area contributed by atoms with Crippen molar-refractivity contribution in [1.82, 2.24) is 0 Å². The monoisotopic (exact) mass is 508 g/mol. The summed E-state index contributed by atoms with van der Waals surface area (Å²) in [6, 6.07) is 8.46. The van der Waals surface area contributed by atoms with Crippen LogP contribution in [0.15, 0.2) is 45.6 Å². The quantitative estimate of drug-likeness (QED) is 0.332. The molecule has 184 valence electrons. The molecule has 8 nitrogen and oxygen atoms in total. The van der Waals surface area contributed by atoms with Crippen molar-refractivity contribution < 1.29 is 41.7 Å². The third-order valence-electron chi connectivity index (χ3n) is 5.80. The lowest BCUT2D eigenvalue weighted by Crippen LogP contribution is -2.37. The molecule has 0 N–H and O–H groups in total. The third kappa shape index (κ3) is 4.63. The first-order valence-corrected chi connectivity index (χ1v) is 11.1. The Hall–Kier alpha value is -3.37. The van der Waals surface area contributed by atoms with Crippen LogP contribution in [0.25, 0.3) is 22.3 Å². The summed E-state index contributed by atoms with van der Waals surface area (Å²) >= 11 is 6.20. The summed E-state index contributed by atoms with van der Waals surface area (Å²) in [7, 11) is 1.34. The predicted molar refractivity (Wildman–Crippen MR) is 119 cm³/mol. The highest BCUT2D eigenvalue weighted by molar-refractivity contribution is 6.34. The minimum absolute atomic E-state index is 0.0491. The first-order valence-electron chi connectivity index (χ1n) is 10.7. The van der Waals surface area contributed by atoms with Crippen molar-refractivity contribution in [3.63, 3.8) is 0 Å². The molecule has 35 heavy (non-hydrogen) atoms. The Kier molecular flexibility index (Phi) is 6.02. The highest BCUT2D eigenvalue weighted by Gasteiger charge is 2.44. The minimum atomic E-state index is -3.84. The maximum atomic E-state index is 13.7. The van der Waals surface area contributed by atoms with E-state index in [0.717, 1.165) is 0 Å². The summed E-state index contributed by atoms with van der Waals surface area (Å²) in [5, 5.41) is 0.491. The molecular weight excluding hydrogens is 490 g/mol. The highest BCUT2D eigenvalue weighted by atomic mass is 35.5. The molecule has 1 aliphatic carbocycles. The second-order valence-electron chi connectivity index (χ2n) is 8.09. The Morgan fingerprint density at radius 1 is 1.14 bits per heavy atom. The van der Waals surface area contributed by atoms with Crippen LogP contribution in [0.3, 0.4) is 0 Å². The SMILES string of the molecule is COC(=O)C1CC(OCCOc2cc3c(cc2-c2cc(=O)c4cccc(Cl)c4o2)OC(F)(F)O3)C1. The number of ether oxygens (including phenoxy) is 5. The van der Waals surface area contributed by atoms with E-state index in [2.05, 4.69) is 9.47 Å². The Bertz CT molecular complexity index is 1350. The molecule has 1 aliphatic heterocycles. The Balaban J connectivity index is 1.38. The van der Waals surface area contributed by atoms with E-state index in [1.54, 1.807) is 18.2 Å². The number of methoxy groups -OCH3 is 1. The van der Waals surface area contributed by atoms with Gasteiger partial charge in [0.05, 0.1) is 41.7 Å². The van der Waals surface area contributed by atoms with Crippen LogP contribution in [0, 0.1) is 5.92 Å². The molecule has 2 heterocycles. The molecule has 2 aliphatic rings. The van der Waals surface area contributed by atoms with Crippen LogP contribution in [-0.4, -0.2) is 38.7 Å². The fourth-order valence-corrected chi connectivity index (χ4v) is 4.21. The second-order valence-corrected chi connectivity index (χ2v) is 8.49. The lowest BCUT2D eigenvalue weighted by atomic mass is 9.82. The number of carbonyl (C=O) groups excluding carboxylic acids is 1. The first-order chi connectivity index (χ1) is 16.7. The normalized spacial score (nSPS) is 19.9. The number of benzene rings is 2. The van der Waals surface area contributed by atoms with Gasteiger partial charge >= 0.3 is 12.3 Å². The van der Waals surface area contributed by atoms with Crippen molar-refractivity contribution in [2.45, 2.75) is 25.2 Å². The number of hydrogen-bond donors (Lipinski definition) is 0. The van der Waals surface area contributed by atoms with Gasteiger partial charge in [-0.3, -0.25) is 9.59 Å². The van der Waals surface area contributed by atoms with Crippen LogP contribution in [0.2, 0.25) is 5.02 Å². The van der Waals surface area contributed by atoms with Gasteiger partial charge in [-0.05, 0) is 31.0 Å². The number of para-hydroxylation sites is 1. The van der Waals surface area contributed by atoms with Crippen LogP contribution in [0.1, 0.15) is 12.8 Å². The van der Waals surface area contributed by atoms with E-state index in [1.807, 2.05) is 0 Å². The van der Waals surface area contributed by atoms with Crippen molar-refractivity contribution in [2.24, 2.45) is 5.92 Å². The second kappa shape index (κ2) is 9.01. The van der Waals surface area contributed by atoms with Gasteiger partial charge in [0.1, 0.15) is 18.1 Å². The number of esters is 1. The summed E-state index contributed by atoms with van der Waals surface area (Å²) in [6.07, 6.45) is -2.83. The summed E-state index contributed by atoms with van der Waals surface area (Å²) in [5.74, 6) is -0.734.